The summed E-state index contributed by atoms with van der Waals surface area (Å²) in [7, 11) is 0. The highest BCUT2D eigenvalue weighted by Gasteiger charge is 2.08. The van der Waals surface area contributed by atoms with Crippen LogP contribution in [0.25, 0.3) is 0 Å². The van der Waals surface area contributed by atoms with Gasteiger partial charge in [-0.2, -0.15) is 0 Å². The van der Waals surface area contributed by atoms with Crippen LogP contribution >= 0.6 is 23.4 Å². The zero-order chi connectivity index (χ0) is 14.7. The molecular weight excluding hydrogens is 300 g/mol. The van der Waals surface area contributed by atoms with Crippen molar-refractivity contribution in [3.8, 4) is 0 Å². The first-order chi connectivity index (χ1) is 9.45. The van der Waals surface area contributed by atoms with E-state index in [2.05, 4.69) is 0 Å². The van der Waals surface area contributed by atoms with Crippen molar-refractivity contribution in [2.45, 2.75) is 29.2 Å². The highest BCUT2D eigenvalue weighted by molar-refractivity contribution is 7.99. The van der Waals surface area contributed by atoms with E-state index < -0.39 is 11.6 Å². The highest BCUT2D eigenvalue weighted by Crippen LogP contribution is 2.32. The van der Waals surface area contributed by atoms with E-state index in [9.17, 15) is 8.78 Å². The average Bonchev–Trinajstić information content (AvgIpc) is 2.36. The molecule has 0 heterocycles. The Bertz CT molecular complexity index is 617. The van der Waals surface area contributed by atoms with Gasteiger partial charge in [-0.25, -0.2) is 8.78 Å². The van der Waals surface area contributed by atoms with Crippen LogP contribution in [0.15, 0.2) is 46.2 Å². The van der Waals surface area contributed by atoms with Gasteiger partial charge in [0, 0.05) is 26.9 Å². The summed E-state index contributed by atoms with van der Waals surface area (Å²) in [6.07, 6.45) is 0.689. The van der Waals surface area contributed by atoms with Gasteiger partial charge in [-0.3, -0.25) is 0 Å². The Kier molecular flexibility index (Phi) is 5.02. The second-order valence-electron chi connectivity index (χ2n) is 4.61. The Balaban J connectivity index is 2.20. The Hall–Kier alpha value is -1.10. The molecule has 0 aliphatic carbocycles. The monoisotopic (exact) mass is 313 g/mol. The average molecular weight is 314 g/mol. The maximum absolute atomic E-state index is 13.6. The zero-order valence-electron chi connectivity index (χ0n) is 10.9. The van der Waals surface area contributed by atoms with Gasteiger partial charge < -0.3 is 5.73 Å². The van der Waals surface area contributed by atoms with Crippen molar-refractivity contribution in [1.29, 1.82) is 0 Å². The van der Waals surface area contributed by atoms with Crippen molar-refractivity contribution in [3.05, 3.63) is 58.6 Å². The van der Waals surface area contributed by atoms with Gasteiger partial charge in [0.1, 0.15) is 11.6 Å². The third-order valence-electron chi connectivity index (χ3n) is 2.69. The fourth-order valence-corrected chi connectivity index (χ4v) is 2.97. The smallest absolute Gasteiger partial charge is 0.140 e. The molecule has 2 rings (SSSR count). The van der Waals surface area contributed by atoms with E-state index in [0.29, 0.717) is 16.3 Å². The van der Waals surface area contributed by atoms with Gasteiger partial charge in [-0.1, -0.05) is 29.4 Å². The number of halogens is 3. The molecule has 106 valence electrons. The summed E-state index contributed by atoms with van der Waals surface area (Å²) in [6, 6.07) is 9.06. The van der Waals surface area contributed by atoms with E-state index >= 15 is 0 Å². The summed E-state index contributed by atoms with van der Waals surface area (Å²) < 4.78 is 26.4. The second kappa shape index (κ2) is 6.57. The predicted molar refractivity (Wildman–Crippen MR) is 79.3 cm³/mol. The molecule has 1 unspecified atom stereocenters. The van der Waals surface area contributed by atoms with E-state index in [-0.39, 0.29) is 6.04 Å². The summed E-state index contributed by atoms with van der Waals surface area (Å²) in [5.74, 6) is -1.16. The molecule has 0 bridgehead atoms. The minimum absolute atomic E-state index is 0.0283. The van der Waals surface area contributed by atoms with Crippen LogP contribution in [0.2, 0.25) is 5.02 Å². The molecule has 2 aromatic carbocycles. The fourth-order valence-electron chi connectivity index (χ4n) is 1.79. The molecular formula is C15H14ClF2NS. The topological polar surface area (TPSA) is 26.0 Å². The summed E-state index contributed by atoms with van der Waals surface area (Å²) in [5.41, 5.74) is 6.70. The number of benzene rings is 2. The lowest BCUT2D eigenvalue weighted by atomic mass is 10.1. The second-order valence-corrected chi connectivity index (χ2v) is 6.13. The first-order valence-electron chi connectivity index (χ1n) is 6.12. The van der Waals surface area contributed by atoms with Gasteiger partial charge in [0.2, 0.25) is 0 Å². The standard InChI is InChI=1S/C15H14ClF2NS/c1-9(19)6-10-2-4-12(8-13(10)16)20-15-5-3-11(17)7-14(15)18/h2-5,7-9H,6,19H2,1H3. The van der Waals surface area contributed by atoms with Crippen LogP contribution in [0.3, 0.4) is 0 Å². The SMILES string of the molecule is CC(N)Cc1ccc(Sc2ccc(F)cc2F)cc1Cl. The summed E-state index contributed by atoms with van der Waals surface area (Å²) in [6.45, 7) is 1.91. The highest BCUT2D eigenvalue weighted by atomic mass is 35.5. The van der Waals surface area contributed by atoms with Crippen LogP contribution in [0.4, 0.5) is 8.78 Å². The van der Waals surface area contributed by atoms with Gasteiger partial charge in [0.05, 0.1) is 0 Å². The van der Waals surface area contributed by atoms with Crippen molar-refractivity contribution >= 4 is 23.4 Å². The number of hydrogen-bond acceptors (Lipinski definition) is 2. The molecule has 0 aliphatic rings. The molecule has 0 spiro atoms. The molecule has 2 N–H and O–H groups in total. The molecule has 0 radical (unpaired) electrons. The third kappa shape index (κ3) is 3.95. The molecule has 0 aromatic heterocycles. The first kappa shape index (κ1) is 15.3. The third-order valence-corrected chi connectivity index (χ3v) is 4.08. The lowest BCUT2D eigenvalue weighted by Gasteiger charge is -2.09. The number of nitrogens with two attached hydrogens (primary N) is 1. The van der Waals surface area contributed by atoms with Gasteiger partial charge in [0.15, 0.2) is 0 Å². The molecule has 0 saturated carbocycles. The van der Waals surface area contributed by atoms with Crippen LogP contribution < -0.4 is 5.73 Å². The molecule has 0 amide bonds. The van der Waals surface area contributed by atoms with Crippen molar-refractivity contribution < 1.29 is 8.78 Å². The molecule has 1 nitrogen and oxygen atoms in total. The van der Waals surface area contributed by atoms with Crippen LogP contribution in [0.1, 0.15) is 12.5 Å². The Labute approximate surface area is 126 Å². The fraction of sp³-hybridized carbons (Fsp3) is 0.200. The Morgan fingerprint density at radius 1 is 1.20 bits per heavy atom. The van der Waals surface area contributed by atoms with Crippen molar-refractivity contribution in [1.82, 2.24) is 0 Å². The van der Waals surface area contributed by atoms with E-state index in [1.54, 1.807) is 6.07 Å². The van der Waals surface area contributed by atoms with Crippen LogP contribution in [0, 0.1) is 11.6 Å². The van der Waals surface area contributed by atoms with Crippen molar-refractivity contribution in [2.24, 2.45) is 5.73 Å². The molecule has 20 heavy (non-hydrogen) atoms. The number of hydrogen-bond donors (Lipinski definition) is 1. The van der Waals surface area contributed by atoms with Crippen molar-refractivity contribution in [3.63, 3.8) is 0 Å². The largest absolute Gasteiger partial charge is 0.328 e. The summed E-state index contributed by atoms with van der Waals surface area (Å²) in [4.78, 5) is 1.16. The molecule has 0 fully saturated rings. The Morgan fingerprint density at radius 2 is 1.95 bits per heavy atom. The van der Waals surface area contributed by atoms with E-state index in [1.165, 1.54) is 23.9 Å². The van der Waals surface area contributed by atoms with E-state index in [1.807, 2.05) is 19.1 Å². The van der Waals surface area contributed by atoms with Crippen molar-refractivity contribution in [2.75, 3.05) is 0 Å². The summed E-state index contributed by atoms with van der Waals surface area (Å²) >= 11 is 7.39. The lowest BCUT2D eigenvalue weighted by molar-refractivity contribution is 0.565. The van der Waals surface area contributed by atoms with Gasteiger partial charge in [0.25, 0.3) is 0 Å². The summed E-state index contributed by atoms with van der Waals surface area (Å²) in [5, 5.41) is 0.606. The predicted octanol–water partition coefficient (Wildman–Crippen LogP) is 4.66. The van der Waals surface area contributed by atoms with E-state index in [0.717, 1.165) is 16.5 Å². The van der Waals surface area contributed by atoms with Gasteiger partial charge in [-0.05, 0) is 43.2 Å². The molecule has 0 aliphatic heterocycles. The quantitative estimate of drug-likeness (QED) is 0.888. The first-order valence-corrected chi connectivity index (χ1v) is 7.32. The minimum Gasteiger partial charge on any atom is -0.328 e. The van der Waals surface area contributed by atoms with Gasteiger partial charge in [-0.15, -0.1) is 0 Å². The van der Waals surface area contributed by atoms with Crippen LogP contribution in [-0.4, -0.2) is 6.04 Å². The molecule has 1 atom stereocenters. The molecule has 0 saturated heterocycles. The molecule has 5 heteroatoms. The minimum atomic E-state index is -0.586. The Morgan fingerprint density at radius 3 is 2.55 bits per heavy atom. The van der Waals surface area contributed by atoms with Gasteiger partial charge >= 0.3 is 0 Å². The molecule has 2 aromatic rings. The lowest BCUT2D eigenvalue weighted by Crippen LogP contribution is -2.17. The maximum atomic E-state index is 13.6. The van der Waals surface area contributed by atoms with Crippen LogP contribution in [0.5, 0.6) is 0 Å². The maximum Gasteiger partial charge on any atom is 0.140 e. The number of rotatable bonds is 4. The zero-order valence-corrected chi connectivity index (χ0v) is 12.4. The normalized spacial score (nSPS) is 12.4. The van der Waals surface area contributed by atoms with Crippen LogP contribution in [-0.2, 0) is 6.42 Å². The van der Waals surface area contributed by atoms with E-state index in [4.69, 9.17) is 17.3 Å².